The first-order chi connectivity index (χ1) is 14.3. The van der Waals surface area contributed by atoms with Crippen LogP contribution in [0.1, 0.15) is 24.4 Å². The third-order valence-corrected chi connectivity index (χ3v) is 6.90. The van der Waals surface area contributed by atoms with Crippen LogP contribution < -0.4 is 5.32 Å². The molecule has 1 heterocycles. The fourth-order valence-electron chi connectivity index (χ4n) is 2.94. The van der Waals surface area contributed by atoms with Gasteiger partial charge in [-0.2, -0.15) is 4.31 Å². The van der Waals surface area contributed by atoms with Crippen LogP contribution in [0.25, 0.3) is 11.3 Å². The second-order valence-corrected chi connectivity index (χ2v) is 8.71. The van der Waals surface area contributed by atoms with Gasteiger partial charge < -0.3 is 14.8 Å². The highest BCUT2D eigenvalue weighted by Gasteiger charge is 2.23. The molecule has 1 aromatic heterocycles. The number of furan rings is 1. The summed E-state index contributed by atoms with van der Waals surface area (Å²) in [7, 11) is -3.74. The fourth-order valence-corrected chi connectivity index (χ4v) is 4.65. The van der Waals surface area contributed by atoms with E-state index in [-0.39, 0.29) is 22.1 Å². The van der Waals surface area contributed by atoms with Crippen LogP contribution >= 0.6 is 11.6 Å². The summed E-state index contributed by atoms with van der Waals surface area (Å²) < 4.78 is 32.3. The van der Waals surface area contributed by atoms with Gasteiger partial charge in [-0.3, -0.25) is 4.79 Å². The minimum atomic E-state index is -3.74. The molecule has 3 rings (SSSR count). The van der Waals surface area contributed by atoms with E-state index in [1.807, 2.05) is 0 Å². The van der Waals surface area contributed by atoms with Crippen molar-refractivity contribution in [2.75, 3.05) is 18.4 Å². The third-order valence-electron chi connectivity index (χ3n) is 4.53. The lowest BCUT2D eigenvalue weighted by Gasteiger charge is -2.19. The number of nitrogens with zero attached hydrogens (tertiary/aromatic N) is 1. The van der Waals surface area contributed by atoms with E-state index in [0.717, 1.165) is 0 Å². The van der Waals surface area contributed by atoms with E-state index in [1.54, 1.807) is 44.2 Å². The van der Waals surface area contributed by atoms with Crippen LogP contribution in [0.5, 0.6) is 5.75 Å². The van der Waals surface area contributed by atoms with Crippen LogP contribution in [0.3, 0.4) is 0 Å². The summed E-state index contributed by atoms with van der Waals surface area (Å²) in [6.07, 6.45) is 0. The molecular formula is C21H21ClN2O5S. The van der Waals surface area contributed by atoms with Gasteiger partial charge in [-0.25, -0.2) is 8.42 Å². The molecule has 0 unspecified atom stereocenters. The van der Waals surface area contributed by atoms with Crippen molar-refractivity contribution in [2.45, 2.75) is 18.7 Å². The molecule has 0 bridgehead atoms. The highest BCUT2D eigenvalue weighted by atomic mass is 35.5. The summed E-state index contributed by atoms with van der Waals surface area (Å²) in [5, 5.41) is 13.1. The number of amides is 1. The number of hydrogen-bond donors (Lipinski definition) is 2. The molecule has 1 amide bonds. The molecule has 2 aromatic carbocycles. The Morgan fingerprint density at radius 1 is 1.10 bits per heavy atom. The summed E-state index contributed by atoms with van der Waals surface area (Å²) in [5.74, 6) is -0.505. The van der Waals surface area contributed by atoms with Crippen molar-refractivity contribution in [1.29, 1.82) is 0 Å². The standard InChI is InChI=1S/C21H21ClN2O5S/c1-3-24(4-2)30(27,28)14-9-10-18(25)17(13-14)23-21(26)20-12-11-19(29-20)15-7-5-6-8-16(15)22/h5-13,25H,3-4H2,1-2H3,(H,23,26). The summed E-state index contributed by atoms with van der Waals surface area (Å²) >= 11 is 6.15. The number of nitrogens with one attached hydrogen (secondary N) is 1. The Labute approximate surface area is 179 Å². The van der Waals surface area contributed by atoms with Gasteiger partial charge in [0.05, 0.1) is 15.6 Å². The van der Waals surface area contributed by atoms with Crippen molar-refractivity contribution in [3.05, 3.63) is 65.4 Å². The summed E-state index contributed by atoms with van der Waals surface area (Å²) in [4.78, 5) is 12.6. The van der Waals surface area contributed by atoms with E-state index in [2.05, 4.69) is 5.32 Å². The Kier molecular flexibility index (Phi) is 6.50. The Hall–Kier alpha value is -2.81. The Morgan fingerprint density at radius 3 is 2.47 bits per heavy atom. The van der Waals surface area contributed by atoms with Gasteiger partial charge in [-0.05, 0) is 42.5 Å². The molecule has 0 aliphatic heterocycles. The maximum absolute atomic E-state index is 12.7. The molecule has 3 aromatic rings. The first kappa shape index (κ1) is 21.9. The zero-order chi connectivity index (χ0) is 21.9. The van der Waals surface area contributed by atoms with Crippen LogP contribution in [0.2, 0.25) is 5.02 Å². The van der Waals surface area contributed by atoms with Crippen molar-refractivity contribution >= 4 is 33.2 Å². The molecule has 7 nitrogen and oxygen atoms in total. The molecule has 9 heteroatoms. The number of sulfonamides is 1. The van der Waals surface area contributed by atoms with E-state index in [0.29, 0.717) is 29.4 Å². The number of aromatic hydroxyl groups is 1. The molecule has 0 radical (unpaired) electrons. The predicted molar refractivity (Wildman–Crippen MR) is 115 cm³/mol. The molecule has 0 aliphatic carbocycles. The van der Waals surface area contributed by atoms with Gasteiger partial charge in [0.1, 0.15) is 11.5 Å². The second kappa shape index (κ2) is 8.91. The quantitative estimate of drug-likeness (QED) is 0.515. The Balaban J connectivity index is 1.87. The lowest BCUT2D eigenvalue weighted by Crippen LogP contribution is -2.30. The van der Waals surface area contributed by atoms with Crippen molar-refractivity contribution in [1.82, 2.24) is 4.31 Å². The lowest BCUT2D eigenvalue weighted by molar-refractivity contribution is 0.0997. The number of rotatable bonds is 7. The number of phenolic OH excluding ortho intramolecular Hbond substituents is 1. The number of carbonyl (C=O) groups excluding carboxylic acids is 1. The molecule has 0 fully saturated rings. The van der Waals surface area contributed by atoms with Crippen LogP contribution in [0, 0.1) is 0 Å². The van der Waals surface area contributed by atoms with E-state index in [9.17, 15) is 18.3 Å². The van der Waals surface area contributed by atoms with Crippen molar-refractivity contribution in [2.24, 2.45) is 0 Å². The van der Waals surface area contributed by atoms with Crippen LogP contribution in [0.4, 0.5) is 5.69 Å². The second-order valence-electron chi connectivity index (χ2n) is 6.37. The monoisotopic (exact) mass is 448 g/mol. The van der Waals surface area contributed by atoms with Crippen LogP contribution in [-0.4, -0.2) is 36.8 Å². The van der Waals surface area contributed by atoms with E-state index < -0.39 is 15.9 Å². The van der Waals surface area contributed by atoms with Crippen molar-refractivity contribution in [3.63, 3.8) is 0 Å². The topological polar surface area (TPSA) is 99.9 Å². The molecule has 30 heavy (non-hydrogen) atoms. The molecule has 0 aliphatic rings. The van der Waals surface area contributed by atoms with Crippen LogP contribution in [-0.2, 0) is 10.0 Å². The Morgan fingerprint density at radius 2 is 1.80 bits per heavy atom. The highest BCUT2D eigenvalue weighted by Crippen LogP contribution is 2.31. The van der Waals surface area contributed by atoms with E-state index >= 15 is 0 Å². The third kappa shape index (κ3) is 4.35. The molecule has 0 saturated carbocycles. The zero-order valence-electron chi connectivity index (χ0n) is 16.4. The van der Waals surface area contributed by atoms with E-state index in [4.69, 9.17) is 16.0 Å². The van der Waals surface area contributed by atoms with E-state index in [1.165, 1.54) is 28.6 Å². The fraction of sp³-hybridized carbons (Fsp3) is 0.190. The smallest absolute Gasteiger partial charge is 0.291 e. The minimum Gasteiger partial charge on any atom is -0.506 e. The first-order valence-corrected chi connectivity index (χ1v) is 11.1. The minimum absolute atomic E-state index is 0.0127. The lowest BCUT2D eigenvalue weighted by atomic mass is 10.2. The predicted octanol–water partition coefficient (Wildman–Crippen LogP) is 4.59. The number of phenols is 1. The number of hydrogen-bond acceptors (Lipinski definition) is 5. The maximum Gasteiger partial charge on any atom is 0.291 e. The van der Waals surface area contributed by atoms with Gasteiger partial charge in [0.15, 0.2) is 5.76 Å². The number of carbonyl (C=O) groups is 1. The normalized spacial score (nSPS) is 11.6. The van der Waals surface area contributed by atoms with Gasteiger partial charge in [-0.15, -0.1) is 0 Å². The largest absolute Gasteiger partial charge is 0.506 e. The zero-order valence-corrected chi connectivity index (χ0v) is 18.0. The summed E-state index contributed by atoms with van der Waals surface area (Å²) in [5.41, 5.74) is 0.595. The summed E-state index contributed by atoms with van der Waals surface area (Å²) in [6, 6.07) is 13.9. The van der Waals surface area contributed by atoms with Gasteiger partial charge in [-0.1, -0.05) is 37.6 Å². The van der Waals surface area contributed by atoms with Gasteiger partial charge in [0, 0.05) is 18.7 Å². The molecule has 2 N–H and O–H groups in total. The van der Waals surface area contributed by atoms with Crippen LogP contribution in [0.15, 0.2) is 63.9 Å². The molecular weight excluding hydrogens is 428 g/mol. The average molecular weight is 449 g/mol. The molecule has 0 spiro atoms. The molecule has 0 saturated heterocycles. The molecule has 0 atom stereocenters. The maximum atomic E-state index is 12.7. The van der Waals surface area contributed by atoms with Crippen molar-refractivity contribution in [3.8, 4) is 17.1 Å². The van der Waals surface area contributed by atoms with Gasteiger partial charge in [0.25, 0.3) is 5.91 Å². The first-order valence-electron chi connectivity index (χ1n) is 9.27. The number of halogens is 1. The highest BCUT2D eigenvalue weighted by molar-refractivity contribution is 7.89. The average Bonchev–Trinajstić information content (AvgIpc) is 3.20. The number of anilines is 1. The van der Waals surface area contributed by atoms with Gasteiger partial charge in [0.2, 0.25) is 10.0 Å². The number of benzene rings is 2. The van der Waals surface area contributed by atoms with Crippen molar-refractivity contribution < 1.29 is 22.7 Å². The summed E-state index contributed by atoms with van der Waals surface area (Å²) in [6.45, 7) is 4.08. The molecule has 158 valence electrons. The van der Waals surface area contributed by atoms with Gasteiger partial charge >= 0.3 is 0 Å². The SMILES string of the molecule is CCN(CC)S(=O)(=O)c1ccc(O)c(NC(=O)c2ccc(-c3ccccc3Cl)o2)c1. The Bertz CT molecular complexity index is 1170.